The van der Waals surface area contributed by atoms with Crippen LogP contribution in [0.15, 0.2) is 27.7 Å². The second kappa shape index (κ2) is 7.03. The van der Waals surface area contributed by atoms with E-state index < -0.39 is 0 Å². The molecule has 0 spiro atoms. The molecule has 8 heteroatoms. The minimum Gasteiger partial charge on any atom is -0.466 e. The summed E-state index contributed by atoms with van der Waals surface area (Å²) >= 11 is 0. The molecular formula is C19H25N5O3. The van der Waals surface area contributed by atoms with Gasteiger partial charge in [-0.05, 0) is 34.0 Å². The number of carbonyl (C=O) groups excluding carboxylic acids is 1. The van der Waals surface area contributed by atoms with E-state index in [0.29, 0.717) is 12.2 Å². The average molecular weight is 371 g/mol. The number of amides is 1. The molecule has 0 aliphatic heterocycles. The van der Waals surface area contributed by atoms with Crippen molar-refractivity contribution in [3.05, 3.63) is 46.0 Å². The van der Waals surface area contributed by atoms with Gasteiger partial charge in [-0.1, -0.05) is 0 Å². The van der Waals surface area contributed by atoms with Gasteiger partial charge in [-0.25, -0.2) is 4.98 Å². The summed E-state index contributed by atoms with van der Waals surface area (Å²) < 4.78 is 8.74. The molecule has 144 valence electrons. The van der Waals surface area contributed by atoms with Gasteiger partial charge in [0.25, 0.3) is 11.5 Å². The van der Waals surface area contributed by atoms with E-state index in [0.717, 1.165) is 23.6 Å². The smallest absolute Gasteiger partial charge is 0.294 e. The Morgan fingerprint density at radius 1 is 1.19 bits per heavy atom. The third-order valence-corrected chi connectivity index (χ3v) is 4.62. The minimum absolute atomic E-state index is 0.209. The highest BCUT2D eigenvalue weighted by molar-refractivity contribution is 5.92. The summed E-state index contributed by atoms with van der Waals surface area (Å²) in [7, 11) is 7.33. The first-order valence-corrected chi connectivity index (χ1v) is 8.75. The van der Waals surface area contributed by atoms with E-state index in [9.17, 15) is 9.59 Å². The molecule has 3 aromatic heterocycles. The van der Waals surface area contributed by atoms with Crippen LogP contribution >= 0.6 is 0 Å². The molecule has 0 bridgehead atoms. The normalized spacial score (nSPS) is 11.5. The van der Waals surface area contributed by atoms with Crippen molar-refractivity contribution in [1.82, 2.24) is 23.8 Å². The highest BCUT2D eigenvalue weighted by Crippen LogP contribution is 2.25. The van der Waals surface area contributed by atoms with Gasteiger partial charge in [0, 0.05) is 45.1 Å². The van der Waals surface area contributed by atoms with Crippen LogP contribution in [0.1, 0.15) is 22.0 Å². The molecule has 0 aliphatic rings. The van der Waals surface area contributed by atoms with Gasteiger partial charge in [0.05, 0.1) is 5.69 Å². The molecule has 27 heavy (non-hydrogen) atoms. The van der Waals surface area contributed by atoms with Gasteiger partial charge in [0.1, 0.15) is 17.2 Å². The van der Waals surface area contributed by atoms with Gasteiger partial charge in [-0.15, -0.1) is 0 Å². The van der Waals surface area contributed by atoms with Gasteiger partial charge in [0.15, 0.2) is 0 Å². The Bertz CT molecular complexity index is 1060. The van der Waals surface area contributed by atoms with Crippen LogP contribution in [-0.4, -0.2) is 63.9 Å². The van der Waals surface area contributed by atoms with Gasteiger partial charge >= 0.3 is 0 Å². The first-order valence-electron chi connectivity index (χ1n) is 8.75. The number of imidazole rings is 1. The Morgan fingerprint density at radius 3 is 2.48 bits per heavy atom. The molecule has 0 aromatic carbocycles. The topological polar surface area (TPSA) is 76.0 Å². The fourth-order valence-electron chi connectivity index (χ4n) is 3.01. The summed E-state index contributed by atoms with van der Waals surface area (Å²) in [5.41, 5.74) is 1.77. The zero-order valence-electron chi connectivity index (χ0n) is 16.6. The summed E-state index contributed by atoms with van der Waals surface area (Å²) in [6.07, 6.45) is 3.41. The molecule has 0 saturated heterocycles. The standard InChI is InChI=1S/C19H25N5O3/c1-12-9-14(13(2)27-12)16-11-24-10-15(20-17(24)19(26)23(16)6)18(25)22(5)8-7-21(3)4/h9-11H,7-8H2,1-6H3. The van der Waals surface area contributed by atoms with Crippen LogP contribution in [0.4, 0.5) is 0 Å². The van der Waals surface area contributed by atoms with Crippen molar-refractivity contribution >= 4 is 11.6 Å². The molecule has 3 aromatic rings. The number of fused-ring (bicyclic) bond motifs is 1. The Hall–Kier alpha value is -2.87. The number of rotatable bonds is 5. The van der Waals surface area contributed by atoms with Gasteiger partial charge < -0.3 is 18.8 Å². The van der Waals surface area contributed by atoms with E-state index in [1.807, 2.05) is 38.9 Å². The van der Waals surface area contributed by atoms with Gasteiger partial charge in [0.2, 0.25) is 5.65 Å². The lowest BCUT2D eigenvalue weighted by molar-refractivity contribution is 0.0781. The quantitative estimate of drug-likeness (QED) is 0.680. The second-order valence-corrected chi connectivity index (χ2v) is 7.09. The number of furan rings is 1. The molecular weight excluding hydrogens is 346 g/mol. The lowest BCUT2D eigenvalue weighted by atomic mass is 10.2. The lowest BCUT2D eigenvalue weighted by Crippen LogP contribution is -2.33. The summed E-state index contributed by atoms with van der Waals surface area (Å²) in [4.78, 5) is 33.3. The minimum atomic E-state index is -0.263. The maximum absolute atomic E-state index is 12.8. The molecule has 0 fully saturated rings. The number of nitrogens with zero attached hydrogens (tertiary/aromatic N) is 5. The third-order valence-electron chi connectivity index (χ3n) is 4.62. The molecule has 0 N–H and O–H groups in total. The summed E-state index contributed by atoms with van der Waals surface area (Å²) in [5, 5.41) is 0. The van der Waals surface area contributed by atoms with Gasteiger partial charge in [-0.3, -0.25) is 14.0 Å². The first-order chi connectivity index (χ1) is 12.7. The van der Waals surface area contributed by atoms with Gasteiger partial charge in [-0.2, -0.15) is 0 Å². The number of aryl methyl sites for hydroxylation is 2. The van der Waals surface area contributed by atoms with E-state index in [1.165, 1.54) is 4.57 Å². The second-order valence-electron chi connectivity index (χ2n) is 7.09. The molecule has 0 unspecified atom stereocenters. The molecule has 1 amide bonds. The number of hydrogen-bond acceptors (Lipinski definition) is 5. The van der Waals surface area contributed by atoms with Crippen molar-refractivity contribution in [2.45, 2.75) is 13.8 Å². The van der Waals surface area contributed by atoms with Crippen molar-refractivity contribution in [3.63, 3.8) is 0 Å². The zero-order valence-corrected chi connectivity index (χ0v) is 16.6. The van der Waals surface area contributed by atoms with E-state index in [1.54, 1.807) is 35.8 Å². The Kier molecular flexibility index (Phi) is 4.93. The largest absolute Gasteiger partial charge is 0.466 e. The average Bonchev–Trinajstić information content (AvgIpc) is 3.18. The summed E-state index contributed by atoms with van der Waals surface area (Å²) in [6, 6.07) is 1.90. The number of likely N-dealkylation sites (N-methyl/N-ethyl adjacent to an activating group) is 2. The molecule has 3 heterocycles. The third kappa shape index (κ3) is 3.52. The van der Waals surface area contributed by atoms with Crippen molar-refractivity contribution in [2.24, 2.45) is 7.05 Å². The molecule has 0 aliphatic carbocycles. The molecule has 0 atom stereocenters. The summed E-state index contributed by atoms with van der Waals surface area (Å²) in [6.45, 7) is 5.06. The van der Waals surface area contributed by atoms with E-state index in [2.05, 4.69) is 4.98 Å². The van der Waals surface area contributed by atoms with Crippen LogP contribution < -0.4 is 5.56 Å². The molecule has 0 saturated carbocycles. The lowest BCUT2D eigenvalue weighted by Gasteiger charge is -2.18. The first kappa shape index (κ1) is 18.9. The van der Waals surface area contributed by atoms with E-state index >= 15 is 0 Å². The zero-order chi connectivity index (χ0) is 19.9. The van der Waals surface area contributed by atoms with E-state index in [4.69, 9.17) is 4.42 Å². The predicted octanol–water partition coefficient (Wildman–Crippen LogP) is 1.54. The summed E-state index contributed by atoms with van der Waals surface area (Å²) in [5.74, 6) is 1.31. The SMILES string of the molecule is Cc1cc(-c2cn3cc(C(=O)N(C)CCN(C)C)nc3c(=O)n2C)c(C)o1. The van der Waals surface area contributed by atoms with Crippen LogP contribution in [0, 0.1) is 13.8 Å². The number of carbonyl (C=O) groups is 1. The Labute approximate surface area is 157 Å². The van der Waals surface area contributed by atoms with Crippen molar-refractivity contribution < 1.29 is 9.21 Å². The maximum Gasteiger partial charge on any atom is 0.294 e. The monoisotopic (exact) mass is 371 g/mol. The van der Waals surface area contributed by atoms with Crippen molar-refractivity contribution in [2.75, 3.05) is 34.2 Å². The van der Waals surface area contributed by atoms with E-state index in [-0.39, 0.29) is 22.8 Å². The molecule has 3 rings (SSSR count). The Morgan fingerprint density at radius 2 is 1.89 bits per heavy atom. The fraction of sp³-hybridized carbons (Fsp3) is 0.421. The van der Waals surface area contributed by atoms with Crippen LogP contribution in [0.5, 0.6) is 0 Å². The predicted molar refractivity (Wildman–Crippen MR) is 103 cm³/mol. The maximum atomic E-state index is 12.8. The molecule has 0 radical (unpaired) electrons. The van der Waals surface area contributed by atoms with Crippen LogP contribution in [0.2, 0.25) is 0 Å². The Balaban J connectivity index is 2.03. The van der Waals surface area contributed by atoms with Crippen LogP contribution in [-0.2, 0) is 7.05 Å². The van der Waals surface area contributed by atoms with Crippen LogP contribution in [0.25, 0.3) is 16.9 Å². The van der Waals surface area contributed by atoms with Crippen LogP contribution in [0.3, 0.4) is 0 Å². The number of hydrogen-bond donors (Lipinski definition) is 0. The van der Waals surface area contributed by atoms with Crippen molar-refractivity contribution in [1.29, 1.82) is 0 Å². The molecule has 8 nitrogen and oxygen atoms in total. The highest BCUT2D eigenvalue weighted by Gasteiger charge is 2.19. The number of aromatic nitrogens is 3. The fourth-order valence-corrected chi connectivity index (χ4v) is 3.01. The highest BCUT2D eigenvalue weighted by atomic mass is 16.3. The van der Waals surface area contributed by atoms with Crippen molar-refractivity contribution in [3.8, 4) is 11.3 Å².